The zero-order chi connectivity index (χ0) is 12.8. The van der Waals surface area contributed by atoms with Crippen molar-refractivity contribution < 1.29 is 10.2 Å². The lowest BCUT2D eigenvalue weighted by Gasteiger charge is -2.28. The van der Waals surface area contributed by atoms with E-state index in [-0.39, 0.29) is 11.5 Å². The van der Waals surface area contributed by atoms with Gasteiger partial charge in [0.2, 0.25) is 0 Å². The zero-order valence-corrected chi connectivity index (χ0v) is 11.1. The first-order chi connectivity index (χ1) is 8.15. The van der Waals surface area contributed by atoms with Crippen LogP contribution >= 0.6 is 0 Å². The van der Waals surface area contributed by atoms with E-state index < -0.39 is 0 Å². The Morgan fingerprint density at radius 1 is 0.765 bits per heavy atom. The van der Waals surface area contributed by atoms with Crippen LogP contribution in [0.5, 0.6) is 11.5 Å². The number of rotatable bonds is 6. The van der Waals surface area contributed by atoms with Gasteiger partial charge in [-0.2, -0.15) is 0 Å². The van der Waals surface area contributed by atoms with Gasteiger partial charge in [0.25, 0.3) is 0 Å². The third-order valence-corrected chi connectivity index (χ3v) is 3.05. The van der Waals surface area contributed by atoms with Gasteiger partial charge in [0.15, 0.2) is 0 Å². The highest BCUT2D eigenvalue weighted by atomic mass is 16.3. The molecule has 0 fully saturated rings. The molecule has 96 valence electrons. The van der Waals surface area contributed by atoms with E-state index in [4.69, 9.17) is 0 Å². The van der Waals surface area contributed by atoms with Gasteiger partial charge in [-0.05, 0) is 24.8 Å². The van der Waals surface area contributed by atoms with Crippen LogP contribution in [0.4, 0.5) is 0 Å². The molecule has 0 aromatic heterocycles. The van der Waals surface area contributed by atoms with Crippen LogP contribution in [0.15, 0.2) is 6.07 Å². The summed E-state index contributed by atoms with van der Waals surface area (Å²) in [5, 5.41) is 23.9. The van der Waals surface area contributed by atoms with Crippen LogP contribution in [-0.2, 0) is 19.3 Å². The summed E-state index contributed by atoms with van der Waals surface area (Å²) in [5.74, 6) is -0.517. The van der Waals surface area contributed by atoms with Gasteiger partial charge in [-0.25, -0.2) is 0 Å². The van der Waals surface area contributed by atoms with Gasteiger partial charge in [-0.15, -0.1) is 11.5 Å². The highest BCUT2D eigenvalue weighted by Crippen LogP contribution is 2.33. The SMILES string of the molecule is CCCc1cc(CCC)c(CCC)c([O-])c1[O-]. The molecule has 0 aliphatic carbocycles. The molecule has 0 bridgehead atoms. The minimum absolute atomic E-state index is 0.249. The van der Waals surface area contributed by atoms with Gasteiger partial charge in [0.1, 0.15) is 0 Å². The maximum Gasteiger partial charge on any atom is -0.0279 e. The van der Waals surface area contributed by atoms with E-state index in [9.17, 15) is 10.2 Å². The standard InChI is InChI=1S/C15H24O2/c1-4-7-11-10-12(8-5-2)14(16)15(17)13(11)9-6-3/h10,16-17H,4-9H2,1-3H3/p-2. The molecule has 0 unspecified atom stereocenters. The van der Waals surface area contributed by atoms with Crippen molar-refractivity contribution in [2.75, 3.05) is 0 Å². The number of aryl methyl sites for hydroxylation is 2. The molecule has 1 aromatic carbocycles. The first kappa shape index (κ1) is 13.9. The van der Waals surface area contributed by atoms with Gasteiger partial charge in [0, 0.05) is 0 Å². The Kier molecular flexibility index (Phi) is 5.33. The van der Waals surface area contributed by atoms with Crippen LogP contribution in [0, 0.1) is 0 Å². The van der Waals surface area contributed by atoms with Crippen molar-refractivity contribution in [3.05, 3.63) is 22.8 Å². The molecular weight excluding hydrogens is 212 g/mol. The summed E-state index contributed by atoms with van der Waals surface area (Å²) in [7, 11) is 0. The minimum atomic E-state index is -0.268. The zero-order valence-electron chi connectivity index (χ0n) is 11.1. The van der Waals surface area contributed by atoms with E-state index in [1.165, 1.54) is 0 Å². The molecule has 0 N–H and O–H groups in total. The van der Waals surface area contributed by atoms with E-state index in [1.54, 1.807) is 0 Å². The maximum atomic E-state index is 12.0. The highest BCUT2D eigenvalue weighted by Gasteiger charge is 2.06. The first-order valence-electron chi connectivity index (χ1n) is 6.67. The number of hydrogen-bond acceptors (Lipinski definition) is 2. The lowest BCUT2D eigenvalue weighted by Crippen LogP contribution is -2.10. The van der Waals surface area contributed by atoms with Crippen LogP contribution in [-0.4, -0.2) is 0 Å². The largest absolute Gasteiger partial charge is 0.873 e. The molecule has 0 aliphatic rings. The average Bonchev–Trinajstić information content (AvgIpc) is 2.31. The average molecular weight is 234 g/mol. The fourth-order valence-corrected chi connectivity index (χ4v) is 2.26. The summed E-state index contributed by atoms with van der Waals surface area (Å²) >= 11 is 0. The first-order valence-corrected chi connectivity index (χ1v) is 6.67. The van der Waals surface area contributed by atoms with Gasteiger partial charge >= 0.3 is 0 Å². The molecule has 0 atom stereocenters. The van der Waals surface area contributed by atoms with E-state index in [2.05, 4.69) is 6.92 Å². The van der Waals surface area contributed by atoms with Crippen molar-refractivity contribution in [3.63, 3.8) is 0 Å². The van der Waals surface area contributed by atoms with Crippen LogP contribution < -0.4 is 10.2 Å². The van der Waals surface area contributed by atoms with Crippen LogP contribution in [0.2, 0.25) is 0 Å². The van der Waals surface area contributed by atoms with Gasteiger partial charge < -0.3 is 10.2 Å². The fraction of sp³-hybridized carbons (Fsp3) is 0.600. The van der Waals surface area contributed by atoms with Gasteiger partial charge in [-0.3, -0.25) is 0 Å². The topological polar surface area (TPSA) is 46.1 Å². The van der Waals surface area contributed by atoms with Crippen molar-refractivity contribution in [2.45, 2.75) is 59.3 Å². The molecule has 0 spiro atoms. The van der Waals surface area contributed by atoms with E-state index in [0.717, 1.165) is 49.7 Å². The van der Waals surface area contributed by atoms with Crippen LogP contribution in [0.25, 0.3) is 0 Å². The lowest BCUT2D eigenvalue weighted by atomic mass is 9.94. The quantitative estimate of drug-likeness (QED) is 0.759. The maximum absolute atomic E-state index is 12.0. The Bertz CT molecular complexity index is 370. The molecule has 1 rings (SSSR count). The van der Waals surface area contributed by atoms with Crippen molar-refractivity contribution in [3.8, 4) is 11.5 Å². The van der Waals surface area contributed by atoms with Crippen LogP contribution in [0.3, 0.4) is 0 Å². The Morgan fingerprint density at radius 3 is 1.82 bits per heavy atom. The van der Waals surface area contributed by atoms with E-state index in [0.29, 0.717) is 5.56 Å². The Hall–Kier alpha value is -1.18. The summed E-state index contributed by atoms with van der Waals surface area (Å²) in [6.07, 6.45) is 5.19. The molecule has 0 aliphatic heterocycles. The number of hydrogen-bond donors (Lipinski definition) is 0. The second-order valence-corrected chi connectivity index (χ2v) is 4.58. The summed E-state index contributed by atoms with van der Waals surface area (Å²) in [6, 6.07) is 1.97. The Balaban J connectivity index is 3.23. The third kappa shape index (κ3) is 3.15. The Labute approximate surface area is 104 Å². The molecule has 0 radical (unpaired) electrons. The van der Waals surface area contributed by atoms with Gasteiger partial charge in [-0.1, -0.05) is 57.2 Å². The second kappa shape index (κ2) is 6.53. The van der Waals surface area contributed by atoms with Crippen molar-refractivity contribution in [1.29, 1.82) is 0 Å². The van der Waals surface area contributed by atoms with Crippen molar-refractivity contribution >= 4 is 0 Å². The highest BCUT2D eigenvalue weighted by molar-refractivity contribution is 5.52. The van der Waals surface area contributed by atoms with E-state index >= 15 is 0 Å². The molecular formula is C15H22O2-2. The molecule has 2 nitrogen and oxygen atoms in total. The second-order valence-electron chi connectivity index (χ2n) is 4.58. The van der Waals surface area contributed by atoms with Crippen molar-refractivity contribution in [1.82, 2.24) is 0 Å². The molecule has 0 amide bonds. The molecule has 1 aromatic rings. The lowest BCUT2D eigenvalue weighted by molar-refractivity contribution is -0.318. The summed E-state index contributed by atoms with van der Waals surface area (Å²) in [5.41, 5.74) is 2.57. The normalized spacial score (nSPS) is 10.8. The number of benzene rings is 1. The monoisotopic (exact) mass is 234 g/mol. The Morgan fingerprint density at radius 2 is 1.29 bits per heavy atom. The fourth-order valence-electron chi connectivity index (χ4n) is 2.26. The molecule has 0 heterocycles. The smallest absolute Gasteiger partial charge is 0.0279 e. The molecule has 2 heteroatoms. The predicted octanol–water partition coefficient (Wildman–Crippen LogP) is 2.69. The van der Waals surface area contributed by atoms with Gasteiger partial charge in [0.05, 0.1) is 0 Å². The molecule has 17 heavy (non-hydrogen) atoms. The molecule has 0 saturated carbocycles. The predicted molar refractivity (Wildman–Crippen MR) is 67.3 cm³/mol. The van der Waals surface area contributed by atoms with Crippen LogP contribution in [0.1, 0.15) is 56.7 Å². The van der Waals surface area contributed by atoms with Crippen molar-refractivity contribution in [2.24, 2.45) is 0 Å². The minimum Gasteiger partial charge on any atom is -0.873 e. The summed E-state index contributed by atoms with van der Waals surface area (Å²) < 4.78 is 0. The molecule has 0 saturated heterocycles. The van der Waals surface area contributed by atoms with E-state index in [1.807, 2.05) is 19.9 Å². The summed E-state index contributed by atoms with van der Waals surface area (Å²) in [6.45, 7) is 6.17. The third-order valence-electron chi connectivity index (χ3n) is 3.05. The summed E-state index contributed by atoms with van der Waals surface area (Å²) in [4.78, 5) is 0.